The monoisotopic (exact) mass is 341 g/mol. The number of pyridine rings is 1. The molecule has 4 nitrogen and oxygen atoms in total. The molecule has 0 unspecified atom stereocenters. The van der Waals surface area contributed by atoms with Crippen molar-refractivity contribution < 1.29 is 4.42 Å². The fourth-order valence-corrected chi connectivity index (χ4v) is 3.41. The molecule has 1 aliphatic rings. The van der Waals surface area contributed by atoms with Crippen LogP contribution in [0.15, 0.2) is 47.1 Å². The molecule has 1 aromatic carbocycles. The first-order valence-electron chi connectivity index (χ1n) is 8.37. The molecule has 3 heterocycles. The highest BCUT2D eigenvalue weighted by Gasteiger charge is 2.18. The number of fused-ring (bicyclic) bond motifs is 1. The molecule has 24 heavy (non-hydrogen) atoms. The Kier molecular flexibility index (Phi) is 4.41. The van der Waals surface area contributed by atoms with E-state index in [2.05, 4.69) is 16.3 Å². The molecule has 0 aliphatic carbocycles. The van der Waals surface area contributed by atoms with E-state index in [1.165, 1.54) is 18.4 Å². The summed E-state index contributed by atoms with van der Waals surface area (Å²) in [5, 5.41) is 5.31. The summed E-state index contributed by atoms with van der Waals surface area (Å²) >= 11 is 6.13. The Bertz CT molecular complexity index is 826. The molecule has 1 N–H and O–H groups in total. The highest BCUT2D eigenvalue weighted by molar-refractivity contribution is 6.31. The van der Waals surface area contributed by atoms with Crippen molar-refractivity contribution in [1.82, 2.24) is 10.3 Å². The normalized spacial score (nSPS) is 14.6. The number of nitrogens with zero attached hydrogens (tertiary/aromatic N) is 2. The SMILES string of the molecule is Clc1ccc2cc(CNCc3ccco3)c(N3CCCC3)nc2c1. The van der Waals surface area contributed by atoms with Crippen molar-refractivity contribution in [3.8, 4) is 0 Å². The molecule has 2 aromatic heterocycles. The average molecular weight is 342 g/mol. The highest BCUT2D eigenvalue weighted by Crippen LogP contribution is 2.28. The van der Waals surface area contributed by atoms with Gasteiger partial charge in [-0.3, -0.25) is 0 Å². The molecule has 5 heteroatoms. The quantitative estimate of drug-likeness (QED) is 0.748. The molecule has 0 bridgehead atoms. The lowest BCUT2D eigenvalue weighted by Gasteiger charge is -2.21. The smallest absolute Gasteiger partial charge is 0.133 e. The minimum Gasteiger partial charge on any atom is -0.468 e. The second-order valence-electron chi connectivity index (χ2n) is 6.19. The van der Waals surface area contributed by atoms with Gasteiger partial charge < -0.3 is 14.6 Å². The second kappa shape index (κ2) is 6.83. The number of hydrogen-bond acceptors (Lipinski definition) is 4. The topological polar surface area (TPSA) is 41.3 Å². The number of nitrogens with one attached hydrogen (secondary N) is 1. The summed E-state index contributed by atoms with van der Waals surface area (Å²) in [6.45, 7) is 3.62. The Hall–Kier alpha value is -2.04. The molecule has 0 atom stereocenters. The number of furan rings is 1. The van der Waals surface area contributed by atoms with Gasteiger partial charge in [-0.25, -0.2) is 4.98 Å². The molecular weight excluding hydrogens is 322 g/mol. The van der Waals surface area contributed by atoms with Gasteiger partial charge in [0, 0.05) is 35.6 Å². The lowest BCUT2D eigenvalue weighted by molar-refractivity contribution is 0.483. The minimum atomic E-state index is 0.713. The maximum absolute atomic E-state index is 6.13. The zero-order valence-electron chi connectivity index (χ0n) is 13.5. The molecule has 124 valence electrons. The Morgan fingerprint density at radius 3 is 2.79 bits per heavy atom. The van der Waals surface area contributed by atoms with Crippen molar-refractivity contribution in [1.29, 1.82) is 0 Å². The number of halogens is 1. The number of aromatic nitrogens is 1. The first-order valence-corrected chi connectivity index (χ1v) is 8.74. The van der Waals surface area contributed by atoms with E-state index in [0.29, 0.717) is 6.54 Å². The van der Waals surface area contributed by atoms with Crippen molar-refractivity contribution in [3.05, 3.63) is 59.0 Å². The van der Waals surface area contributed by atoms with Crippen LogP contribution in [0.5, 0.6) is 0 Å². The van der Waals surface area contributed by atoms with E-state index in [1.54, 1.807) is 6.26 Å². The molecule has 0 amide bonds. The van der Waals surface area contributed by atoms with Gasteiger partial charge in [0.2, 0.25) is 0 Å². The van der Waals surface area contributed by atoms with E-state index >= 15 is 0 Å². The third-order valence-electron chi connectivity index (χ3n) is 4.44. The molecule has 0 spiro atoms. The van der Waals surface area contributed by atoms with Crippen molar-refractivity contribution >= 4 is 28.3 Å². The largest absolute Gasteiger partial charge is 0.468 e. The second-order valence-corrected chi connectivity index (χ2v) is 6.62. The van der Waals surface area contributed by atoms with Gasteiger partial charge in [0.15, 0.2) is 0 Å². The summed E-state index contributed by atoms with van der Waals surface area (Å²) in [5.41, 5.74) is 2.18. The number of benzene rings is 1. The van der Waals surface area contributed by atoms with Crippen LogP contribution in [0.2, 0.25) is 5.02 Å². The lowest BCUT2D eigenvalue weighted by Crippen LogP contribution is -2.23. The van der Waals surface area contributed by atoms with Crippen molar-refractivity contribution in [3.63, 3.8) is 0 Å². The number of hydrogen-bond donors (Lipinski definition) is 1. The summed E-state index contributed by atoms with van der Waals surface area (Å²) in [7, 11) is 0. The molecular formula is C19H20ClN3O. The predicted octanol–water partition coefficient (Wildman–Crippen LogP) is 4.37. The summed E-state index contributed by atoms with van der Waals surface area (Å²) in [5.74, 6) is 2.02. The molecule has 1 fully saturated rings. The Balaban J connectivity index is 1.63. The maximum Gasteiger partial charge on any atom is 0.133 e. The predicted molar refractivity (Wildman–Crippen MR) is 97.5 cm³/mol. The van der Waals surface area contributed by atoms with Gasteiger partial charge in [-0.2, -0.15) is 0 Å². The Morgan fingerprint density at radius 2 is 2.00 bits per heavy atom. The average Bonchev–Trinajstić information content (AvgIpc) is 3.28. The third kappa shape index (κ3) is 3.25. The van der Waals surface area contributed by atoms with E-state index in [-0.39, 0.29) is 0 Å². The standard InChI is InChI=1S/C19H20ClN3O/c20-16-6-5-14-10-15(12-21-13-17-4-3-9-24-17)19(22-18(14)11-16)23-7-1-2-8-23/h3-6,9-11,21H,1-2,7-8,12-13H2. The van der Waals surface area contributed by atoms with Crippen LogP contribution in [0, 0.1) is 0 Å². The van der Waals surface area contributed by atoms with Crippen LogP contribution >= 0.6 is 11.6 Å². The van der Waals surface area contributed by atoms with E-state index in [1.807, 2.05) is 30.3 Å². The van der Waals surface area contributed by atoms with E-state index in [0.717, 1.165) is 47.1 Å². The van der Waals surface area contributed by atoms with E-state index < -0.39 is 0 Å². The van der Waals surface area contributed by atoms with Crippen LogP contribution in [0.4, 0.5) is 5.82 Å². The zero-order valence-corrected chi connectivity index (χ0v) is 14.2. The van der Waals surface area contributed by atoms with Crippen LogP contribution in [0.3, 0.4) is 0 Å². The first-order chi connectivity index (χ1) is 11.8. The number of rotatable bonds is 5. The van der Waals surface area contributed by atoms with Crippen LogP contribution in [0.25, 0.3) is 10.9 Å². The fraction of sp³-hybridized carbons (Fsp3) is 0.316. The molecule has 4 rings (SSSR count). The summed E-state index contributed by atoms with van der Waals surface area (Å²) in [6, 6.07) is 12.0. The summed E-state index contributed by atoms with van der Waals surface area (Å²) in [4.78, 5) is 7.29. The van der Waals surface area contributed by atoms with Crippen molar-refractivity contribution in [2.75, 3.05) is 18.0 Å². The van der Waals surface area contributed by atoms with Gasteiger partial charge in [-0.05, 0) is 43.2 Å². The number of anilines is 1. The van der Waals surface area contributed by atoms with Gasteiger partial charge in [0.1, 0.15) is 11.6 Å². The molecule has 0 radical (unpaired) electrons. The molecule has 3 aromatic rings. The van der Waals surface area contributed by atoms with Gasteiger partial charge in [-0.15, -0.1) is 0 Å². The lowest BCUT2D eigenvalue weighted by atomic mass is 10.1. The van der Waals surface area contributed by atoms with Crippen LogP contribution in [-0.4, -0.2) is 18.1 Å². The van der Waals surface area contributed by atoms with Crippen LogP contribution in [-0.2, 0) is 13.1 Å². The molecule has 0 saturated carbocycles. The molecule has 1 saturated heterocycles. The summed E-state index contributed by atoms with van der Waals surface area (Å²) < 4.78 is 5.38. The summed E-state index contributed by atoms with van der Waals surface area (Å²) in [6.07, 6.45) is 4.16. The van der Waals surface area contributed by atoms with Gasteiger partial charge >= 0.3 is 0 Å². The zero-order chi connectivity index (χ0) is 16.4. The van der Waals surface area contributed by atoms with E-state index in [9.17, 15) is 0 Å². The van der Waals surface area contributed by atoms with Crippen molar-refractivity contribution in [2.24, 2.45) is 0 Å². The van der Waals surface area contributed by atoms with E-state index in [4.69, 9.17) is 21.0 Å². The van der Waals surface area contributed by atoms with Crippen molar-refractivity contribution in [2.45, 2.75) is 25.9 Å². The van der Waals surface area contributed by atoms with Gasteiger partial charge in [0.25, 0.3) is 0 Å². The minimum absolute atomic E-state index is 0.713. The highest BCUT2D eigenvalue weighted by atomic mass is 35.5. The van der Waals surface area contributed by atoms with Crippen LogP contribution < -0.4 is 10.2 Å². The van der Waals surface area contributed by atoms with Gasteiger partial charge in [0.05, 0.1) is 18.3 Å². The first kappa shape index (κ1) is 15.5. The van der Waals surface area contributed by atoms with Gasteiger partial charge in [-0.1, -0.05) is 17.7 Å². The Morgan fingerprint density at radius 1 is 1.12 bits per heavy atom. The fourth-order valence-electron chi connectivity index (χ4n) is 3.24. The molecule has 1 aliphatic heterocycles. The Labute approximate surface area is 146 Å². The third-order valence-corrected chi connectivity index (χ3v) is 4.67. The van der Waals surface area contributed by atoms with Crippen LogP contribution in [0.1, 0.15) is 24.2 Å². The maximum atomic E-state index is 6.13.